The standard InChI is InChI=1S/C22H23ClN4O/c23-17-8-9-21-24-12-20(27(21)14-17)19-5-1-4-18(25-19)16-3-2-10-26(13-16)22(28)11-15-6-7-15/h1,4-5,8-9,12,14-16H,2-3,6-7,10-11,13H2/t16-/m0/s1. The first-order valence-corrected chi connectivity index (χ1v) is 10.4. The molecule has 3 aromatic rings. The lowest BCUT2D eigenvalue weighted by atomic mass is 9.93. The van der Waals surface area contributed by atoms with E-state index in [0.717, 1.165) is 55.1 Å². The number of imidazole rings is 1. The van der Waals surface area contributed by atoms with E-state index in [1.807, 2.05) is 41.1 Å². The maximum atomic E-state index is 12.5. The van der Waals surface area contributed by atoms with Crippen molar-refractivity contribution < 1.29 is 4.79 Å². The molecule has 3 aromatic heterocycles. The zero-order valence-electron chi connectivity index (χ0n) is 15.7. The number of halogens is 1. The molecule has 1 atom stereocenters. The molecule has 0 bridgehead atoms. The van der Waals surface area contributed by atoms with E-state index in [1.54, 1.807) is 0 Å². The molecule has 4 heterocycles. The SMILES string of the molecule is O=C(CC1CC1)N1CCC[C@H](c2cccc(-c3cnc4ccc(Cl)cn34)n2)C1. The summed E-state index contributed by atoms with van der Waals surface area (Å²) >= 11 is 6.17. The van der Waals surface area contributed by atoms with Crippen LogP contribution in [0, 0.1) is 5.92 Å². The average Bonchev–Trinajstić information content (AvgIpc) is 3.44. The Morgan fingerprint density at radius 2 is 2.07 bits per heavy atom. The number of rotatable bonds is 4. The highest BCUT2D eigenvalue weighted by molar-refractivity contribution is 6.30. The number of piperidine rings is 1. The van der Waals surface area contributed by atoms with Crippen molar-refractivity contribution in [2.75, 3.05) is 13.1 Å². The van der Waals surface area contributed by atoms with Gasteiger partial charge in [0.1, 0.15) is 5.65 Å². The summed E-state index contributed by atoms with van der Waals surface area (Å²) < 4.78 is 1.97. The molecule has 1 saturated carbocycles. The van der Waals surface area contributed by atoms with Crippen molar-refractivity contribution >= 4 is 23.2 Å². The van der Waals surface area contributed by atoms with E-state index >= 15 is 0 Å². The van der Waals surface area contributed by atoms with Gasteiger partial charge in [0.2, 0.25) is 5.91 Å². The molecule has 6 heteroatoms. The van der Waals surface area contributed by atoms with Crippen LogP contribution in [0.3, 0.4) is 0 Å². The fourth-order valence-electron chi connectivity index (χ4n) is 4.11. The Hall–Kier alpha value is -2.40. The Morgan fingerprint density at radius 1 is 1.18 bits per heavy atom. The molecule has 0 N–H and O–H groups in total. The molecule has 0 unspecified atom stereocenters. The summed E-state index contributed by atoms with van der Waals surface area (Å²) in [5, 5.41) is 0.667. The second-order valence-electron chi connectivity index (χ2n) is 7.99. The third-order valence-corrected chi connectivity index (χ3v) is 6.08. The zero-order chi connectivity index (χ0) is 19.1. The van der Waals surface area contributed by atoms with E-state index in [9.17, 15) is 4.79 Å². The molecule has 0 aromatic carbocycles. The number of nitrogens with zero attached hydrogens (tertiary/aromatic N) is 4. The Kier molecular flexibility index (Phi) is 4.55. The summed E-state index contributed by atoms with van der Waals surface area (Å²) in [6, 6.07) is 9.88. The molecular weight excluding hydrogens is 372 g/mol. The number of likely N-dealkylation sites (tertiary alicyclic amines) is 1. The summed E-state index contributed by atoms with van der Waals surface area (Å²) in [5.74, 6) is 1.25. The average molecular weight is 395 g/mol. The van der Waals surface area contributed by atoms with Gasteiger partial charge in [0.05, 0.1) is 22.6 Å². The predicted octanol–water partition coefficient (Wildman–Crippen LogP) is 4.56. The molecule has 5 nitrogen and oxygen atoms in total. The van der Waals surface area contributed by atoms with Crippen LogP contribution in [0.15, 0.2) is 42.7 Å². The minimum atomic E-state index is 0.291. The number of carbonyl (C=O) groups is 1. The largest absolute Gasteiger partial charge is 0.342 e. The van der Waals surface area contributed by atoms with Crippen LogP contribution in [0.5, 0.6) is 0 Å². The van der Waals surface area contributed by atoms with Gasteiger partial charge in [-0.3, -0.25) is 14.2 Å². The first-order valence-electron chi connectivity index (χ1n) is 10.0. The Morgan fingerprint density at radius 3 is 2.93 bits per heavy atom. The Bertz CT molecular complexity index is 1030. The van der Waals surface area contributed by atoms with Crippen molar-refractivity contribution in [1.82, 2.24) is 19.3 Å². The van der Waals surface area contributed by atoms with E-state index in [-0.39, 0.29) is 0 Å². The highest BCUT2D eigenvalue weighted by atomic mass is 35.5. The van der Waals surface area contributed by atoms with Crippen molar-refractivity contribution in [1.29, 1.82) is 0 Å². The van der Waals surface area contributed by atoms with E-state index in [2.05, 4.69) is 16.0 Å². The van der Waals surface area contributed by atoms with Crippen LogP contribution in [0.4, 0.5) is 0 Å². The number of carbonyl (C=O) groups excluding carboxylic acids is 1. The third-order valence-electron chi connectivity index (χ3n) is 5.86. The smallest absolute Gasteiger partial charge is 0.222 e. The predicted molar refractivity (Wildman–Crippen MR) is 109 cm³/mol. The van der Waals surface area contributed by atoms with E-state index in [4.69, 9.17) is 16.6 Å². The van der Waals surface area contributed by atoms with Gasteiger partial charge in [-0.2, -0.15) is 0 Å². The van der Waals surface area contributed by atoms with Crippen LogP contribution in [-0.4, -0.2) is 38.3 Å². The van der Waals surface area contributed by atoms with Gasteiger partial charge < -0.3 is 4.90 Å². The van der Waals surface area contributed by atoms with E-state index in [1.165, 1.54) is 12.8 Å². The van der Waals surface area contributed by atoms with Crippen LogP contribution in [-0.2, 0) is 4.79 Å². The van der Waals surface area contributed by atoms with Gasteiger partial charge in [-0.05, 0) is 55.9 Å². The number of aromatic nitrogens is 3. The summed E-state index contributed by atoms with van der Waals surface area (Å²) in [6.07, 6.45) is 8.98. The minimum absolute atomic E-state index is 0.291. The molecule has 2 fully saturated rings. The molecule has 0 spiro atoms. The van der Waals surface area contributed by atoms with Crippen molar-refractivity contribution in [2.24, 2.45) is 5.92 Å². The molecule has 1 aliphatic carbocycles. The normalized spacial score (nSPS) is 19.9. The molecule has 1 amide bonds. The van der Waals surface area contributed by atoms with Gasteiger partial charge in [0.15, 0.2) is 0 Å². The summed E-state index contributed by atoms with van der Waals surface area (Å²) in [6.45, 7) is 1.66. The van der Waals surface area contributed by atoms with Crippen LogP contribution < -0.4 is 0 Å². The number of fused-ring (bicyclic) bond motifs is 1. The fraction of sp³-hybridized carbons (Fsp3) is 0.409. The van der Waals surface area contributed by atoms with Gasteiger partial charge in [0, 0.05) is 37.3 Å². The van der Waals surface area contributed by atoms with Crippen LogP contribution in [0.1, 0.15) is 43.7 Å². The molecule has 1 aliphatic heterocycles. The Labute approximate surface area is 169 Å². The molecule has 0 radical (unpaired) electrons. The van der Waals surface area contributed by atoms with Crippen LogP contribution in [0.2, 0.25) is 5.02 Å². The number of hydrogen-bond acceptors (Lipinski definition) is 3. The van der Waals surface area contributed by atoms with Gasteiger partial charge in [-0.1, -0.05) is 17.7 Å². The maximum absolute atomic E-state index is 12.5. The van der Waals surface area contributed by atoms with E-state index in [0.29, 0.717) is 22.8 Å². The van der Waals surface area contributed by atoms with Crippen LogP contribution >= 0.6 is 11.6 Å². The van der Waals surface area contributed by atoms with Gasteiger partial charge in [-0.15, -0.1) is 0 Å². The molecule has 28 heavy (non-hydrogen) atoms. The first-order chi connectivity index (χ1) is 13.7. The number of amides is 1. The molecular formula is C22H23ClN4O. The molecule has 1 saturated heterocycles. The van der Waals surface area contributed by atoms with Crippen molar-refractivity contribution in [3.05, 3.63) is 53.4 Å². The third kappa shape index (κ3) is 3.51. The fourth-order valence-corrected chi connectivity index (χ4v) is 4.27. The summed E-state index contributed by atoms with van der Waals surface area (Å²) in [4.78, 5) is 24.0. The summed E-state index contributed by atoms with van der Waals surface area (Å²) in [7, 11) is 0. The second-order valence-corrected chi connectivity index (χ2v) is 8.43. The van der Waals surface area contributed by atoms with Gasteiger partial charge >= 0.3 is 0 Å². The van der Waals surface area contributed by atoms with Gasteiger partial charge in [0.25, 0.3) is 0 Å². The molecule has 2 aliphatic rings. The lowest BCUT2D eigenvalue weighted by molar-refractivity contribution is -0.132. The number of hydrogen-bond donors (Lipinski definition) is 0. The first kappa shape index (κ1) is 17.7. The zero-order valence-corrected chi connectivity index (χ0v) is 16.5. The topological polar surface area (TPSA) is 50.5 Å². The monoisotopic (exact) mass is 394 g/mol. The quantitative estimate of drug-likeness (QED) is 0.652. The highest BCUT2D eigenvalue weighted by Gasteiger charge is 2.30. The van der Waals surface area contributed by atoms with E-state index < -0.39 is 0 Å². The highest BCUT2D eigenvalue weighted by Crippen LogP contribution is 2.34. The van der Waals surface area contributed by atoms with Gasteiger partial charge in [-0.25, -0.2) is 4.98 Å². The second kappa shape index (κ2) is 7.21. The van der Waals surface area contributed by atoms with Crippen molar-refractivity contribution in [2.45, 2.75) is 38.0 Å². The van der Waals surface area contributed by atoms with Crippen molar-refractivity contribution in [3.63, 3.8) is 0 Å². The Balaban J connectivity index is 1.40. The molecule has 5 rings (SSSR count). The number of pyridine rings is 2. The minimum Gasteiger partial charge on any atom is -0.342 e. The molecule has 144 valence electrons. The lowest BCUT2D eigenvalue weighted by Crippen LogP contribution is -2.39. The van der Waals surface area contributed by atoms with Crippen LogP contribution in [0.25, 0.3) is 17.0 Å². The lowest BCUT2D eigenvalue weighted by Gasteiger charge is -2.32. The maximum Gasteiger partial charge on any atom is 0.222 e. The summed E-state index contributed by atoms with van der Waals surface area (Å²) in [5.41, 5.74) is 3.71. The van der Waals surface area contributed by atoms with Crippen molar-refractivity contribution in [3.8, 4) is 11.4 Å².